The number of ether oxygens (including phenoxy) is 2. The number of imide groups is 1. The van der Waals surface area contributed by atoms with E-state index in [9.17, 15) is 14.4 Å². The summed E-state index contributed by atoms with van der Waals surface area (Å²) < 4.78 is 11.4. The van der Waals surface area contributed by atoms with E-state index >= 15 is 0 Å². The van der Waals surface area contributed by atoms with Crippen LogP contribution in [0.4, 0.5) is 10.5 Å². The number of anilines is 1. The van der Waals surface area contributed by atoms with Crippen LogP contribution in [0.1, 0.15) is 26.3 Å². The summed E-state index contributed by atoms with van der Waals surface area (Å²) in [6.45, 7) is 5.78. The van der Waals surface area contributed by atoms with Crippen molar-refractivity contribution in [1.82, 2.24) is 4.90 Å². The molecule has 32 heavy (non-hydrogen) atoms. The SMILES string of the molecule is CCOc1cc(/C=C2/SC(=O)N(CC(=O)Nc3ccc(Cl)cc3)C2=O)ccc1OC(C)C. The molecule has 1 fully saturated rings. The third-order valence-corrected chi connectivity index (χ3v) is 5.39. The van der Waals surface area contributed by atoms with Crippen molar-refractivity contribution in [1.29, 1.82) is 0 Å². The molecule has 3 amide bonds. The van der Waals surface area contributed by atoms with Gasteiger partial charge in [0, 0.05) is 10.7 Å². The molecule has 0 saturated carbocycles. The van der Waals surface area contributed by atoms with Crippen LogP contribution in [0, 0.1) is 0 Å². The van der Waals surface area contributed by atoms with E-state index in [2.05, 4.69) is 5.32 Å². The third-order valence-electron chi connectivity index (χ3n) is 4.23. The number of benzene rings is 2. The molecule has 2 aromatic rings. The number of hydrogen-bond donors (Lipinski definition) is 1. The predicted molar refractivity (Wildman–Crippen MR) is 126 cm³/mol. The number of nitrogens with one attached hydrogen (secondary N) is 1. The van der Waals surface area contributed by atoms with Crippen molar-refractivity contribution >= 4 is 52.2 Å². The lowest BCUT2D eigenvalue weighted by Crippen LogP contribution is -2.36. The average molecular weight is 475 g/mol. The van der Waals surface area contributed by atoms with Gasteiger partial charge in [-0.2, -0.15) is 0 Å². The van der Waals surface area contributed by atoms with Crippen LogP contribution in [0.3, 0.4) is 0 Å². The molecular formula is C23H23ClN2O5S. The fraction of sp³-hybridized carbons (Fsp3) is 0.261. The minimum absolute atomic E-state index is 0.0180. The van der Waals surface area contributed by atoms with Gasteiger partial charge in [0.05, 0.1) is 17.6 Å². The monoisotopic (exact) mass is 474 g/mol. The van der Waals surface area contributed by atoms with Crippen molar-refractivity contribution in [3.8, 4) is 11.5 Å². The first-order chi connectivity index (χ1) is 15.3. The Morgan fingerprint density at radius 1 is 1.16 bits per heavy atom. The minimum atomic E-state index is -0.522. The van der Waals surface area contributed by atoms with Gasteiger partial charge in [-0.05, 0) is 80.6 Å². The first-order valence-electron chi connectivity index (χ1n) is 10.0. The molecule has 7 nitrogen and oxygen atoms in total. The van der Waals surface area contributed by atoms with E-state index in [0.717, 1.165) is 16.7 Å². The summed E-state index contributed by atoms with van der Waals surface area (Å²) in [6, 6.07) is 11.8. The third kappa shape index (κ3) is 6.05. The van der Waals surface area contributed by atoms with Gasteiger partial charge in [0.1, 0.15) is 6.54 Å². The van der Waals surface area contributed by atoms with Gasteiger partial charge < -0.3 is 14.8 Å². The molecule has 1 N–H and O–H groups in total. The molecular weight excluding hydrogens is 452 g/mol. The Morgan fingerprint density at radius 2 is 1.88 bits per heavy atom. The fourth-order valence-electron chi connectivity index (χ4n) is 2.90. The Balaban J connectivity index is 1.72. The number of rotatable bonds is 8. The quantitative estimate of drug-likeness (QED) is 0.529. The lowest BCUT2D eigenvalue weighted by atomic mass is 10.1. The van der Waals surface area contributed by atoms with Gasteiger partial charge in [-0.1, -0.05) is 17.7 Å². The molecule has 3 rings (SSSR count). The van der Waals surface area contributed by atoms with Crippen LogP contribution in [0.25, 0.3) is 6.08 Å². The average Bonchev–Trinajstić information content (AvgIpc) is 2.99. The van der Waals surface area contributed by atoms with E-state index in [4.69, 9.17) is 21.1 Å². The second-order valence-electron chi connectivity index (χ2n) is 7.13. The van der Waals surface area contributed by atoms with E-state index in [1.165, 1.54) is 0 Å². The van der Waals surface area contributed by atoms with Crippen molar-refractivity contribution in [2.75, 3.05) is 18.5 Å². The lowest BCUT2D eigenvalue weighted by Gasteiger charge is -2.15. The highest BCUT2D eigenvalue weighted by atomic mass is 35.5. The van der Waals surface area contributed by atoms with Crippen LogP contribution in [-0.2, 0) is 9.59 Å². The smallest absolute Gasteiger partial charge is 0.294 e. The van der Waals surface area contributed by atoms with Crippen molar-refractivity contribution in [3.63, 3.8) is 0 Å². The Bertz CT molecular complexity index is 1050. The molecule has 0 spiro atoms. The summed E-state index contributed by atoms with van der Waals surface area (Å²) in [5.41, 5.74) is 1.20. The molecule has 1 aliphatic heterocycles. The Morgan fingerprint density at radius 3 is 2.53 bits per heavy atom. The Hall–Kier alpha value is -2.97. The van der Waals surface area contributed by atoms with Gasteiger partial charge >= 0.3 is 0 Å². The first kappa shape index (κ1) is 23.7. The van der Waals surface area contributed by atoms with Crippen LogP contribution in [0.15, 0.2) is 47.4 Å². The van der Waals surface area contributed by atoms with Crippen molar-refractivity contribution in [2.24, 2.45) is 0 Å². The Labute approximate surface area is 195 Å². The predicted octanol–water partition coefficient (Wildman–Crippen LogP) is 5.20. The lowest BCUT2D eigenvalue weighted by molar-refractivity contribution is -0.127. The zero-order valence-corrected chi connectivity index (χ0v) is 19.5. The molecule has 0 aromatic heterocycles. The molecule has 0 aliphatic carbocycles. The number of carbonyl (C=O) groups excluding carboxylic acids is 3. The standard InChI is InChI=1S/C23H23ClN2O5S/c1-4-30-19-11-15(5-10-18(19)31-14(2)3)12-20-22(28)26(23(29)32-20)13-21(27)25-17-8-6-16(24)7-9-17/h5-12,14H,4,13H2,1-3H3,(H,25,27)/b20-12+. The molecule has 0 radical (unpaired) electrons. The van der Waals surface area contributed by atoms with Gasteiger partial charge in [-0.25, -0.2) is 0 Å². The van der Waals surface area contributed by atoms with E-state index in [-0.39, 0.29) is 17.6 Å². The molecule has 0 bridgehead atoms. The summed E-state index contributed by atoms with van der Waals surface area (Å²) in [5, 5.41) is 2.68. The Kier molecular flexibility index (Phi) is 7.82. The van der Waals surface area contributed by atoms with E-state index in [1.807, 2.05) is 20.8 Å². The number of nitrogens with zero attached hydrogens (tertiary/aromatic N) is 1. The highest BCUT2D eigenvalue weighted by molar-refractivity contribution is 8.18. The number of hydrogen-bond acceptors (Lipinski definition) is 6. The van der Waals surface area contributed by atoms with Gasteiger partial charge in [0.2, 0.25) is 5.91 Å². The molecule has 168 valence electrons. The number of amides is 3. The normalized spacial score (nSPS) is 14.9. The molecule has 1 aliphatic rings. The second kappa shape index (κ2) is 10.6. The van der Waals surface area contributed by atoms with Gasteiger partial charge in [-0.15, -0.1) is 0 Å². The number of halogens is 1. The van der Waals surface area contributed by atoms with Gasteiger partial charge in [0.15, 0.2) is 11.5 Å². The summed E-state index contributed by atoms with van der Waals surface area (Å²) in [5.74, 6) is 0.152. The molecule has 9 heteroatoms. The zero-order valence-electron chi connectivity index (χ0n) is 17.9. The van der Waals surface area contributed by atoms with Crippen LogP contribution in [0.2, 0.25) is 5.02 Å². The molecule has 1 saturated heterocycles. The summed E-state index contributed by atoms with van der Waals surface area (Å²) >= 11 is 6.62. The highest BCUT2D eigenvalue weighted by Gasteiger charge is 2.36. The molecule has 1 heterocycles. The largest absolute Gasteiger partial charge is 0.490 e. The number of carbonyl (C=O) groups is 3. The van der Waals surface area contributed by atoms with Crippen LogP contribution < -0.4 is 14.8 Å². The topological polar surface area (TPSA) is 84.9 Å². The van der Waals surface area contributed by atoms with Gasteiger partial charge in [0.25, 0.3) is 11.1 Å². The van der Waals surface area contributed by atoms with Crippen LogP contribution in [0.5, 0.6) is 11.5 Å². The van der Waals surface area contributed by atoms with Crippen molar-refractivity contribution < 1.29 is 23.9 Å². The second-order valence-corrected chi connectivity index (χ2v) is 8.56. The van der Waals surface area contributed by atoms with Crippen LogP contribution >= 0.6 is 23.4 Å². The highest BCUT2D eigenvalue weighted by Crippen LogP contribution is 2.35. The van der Waals surface area contributed by atoms with E-state index in [1.54, 1.807) is 48.5 Å². The maximum Gasteiger partial charge on any atom is 0.294 e. The maximum absolute atomic E-state index is 12.7. The van der Waals surface area contributed by atoms with Gasteiger partial charge in [-0.3, -0.25) is 19.3 Å². The number of thioether (sulfide) groups is 1. The summed E-state index contributed by atoms with van der Waals surface area (Å²) in [6.07, 6.45) is 1.58. The summed E-state index contributed by atoms with van der Waals surface area (Å²) in [7, 11) is 0. The van der Waals surface area contributed by atoms with Crippen molar-refractivity contribution in [2.45, 2.75) is 26.9 Å². The first-order valence-corrected chi connectivity index (χ1v) is 11.2. The fourth-order valence-corrected chi connectivity index (χ4v) is 3.86. The molecule has 0 atom stereocenters. The maximum atomic E-state index is 12.7. The van der Waals surface area contributed by atoms with E-state index in [0.29, 0.717) is 34.4 Å². The minimum Gasteiger partial charge on any atom is -0.490 e. The zero-order chi connectivity index (χ0) is 23.3. The van der Waals surface area contributed by atoms with Crippen molar-refractivity contribution in [3.05, 3.63) is 58.0 Å². The van der Waals surface area contributed by atoms with Crippen LogP contribution in [-0.4, -0.2) is 41.2 Å². The summed E-state index contributed by atoms with van der Waals surface area (Å²) in [4.78, 5) is 38.5. The molecule has 2 aromatic carbocycles. The van der Waals surface area contributed by atoms with E-state index < -0.39 is 17.1 Å². The molecule has 0 unspecified atom stereocenters.